The lowest BCUT2D eigenvalue weighted by molar-refractivity contribution is -0.148. The molecular formula is C68H109N11O14. The molecule has 0 aromatic heterocycles. The fourth-order valence-electron chi connectivity index (χ4n) is 12.4. The maximum atomic E-state index is 14.8. The van der Waals surface area contributed by atoms with Gasteiger partial charge in [-0.05, 0) is 98.8 Å². The number of likely N-dealkylation sites (tertiary alicyclic amines) is 2. The monoisotopic (exact) mass is 1300 g/mol. The first-order valence-corrected chi connectivity index (χ1v) is 33.2. The molecule has 93 heavy (non-hydrogen) atoms. The first kappa shape index (κ1) is 78.1. The van der Waals surface area contributed by atoms with Crippen molar-refractivity contribution in [3.05, 3.63) is 65.7 Å². The van der Waals surface area contributed by atoms with Crippen molar-refractivity contribution in [3.8, 4) is 0 Å². The summed E-state index contributed by atoms with van der Waals surface area (Å²) < 4.78 is 17.8. The van der Waals surface area contributed by atoms with Crippen molar-refractivity contribution in [2.75, 3.05) is 59.8 Å². The maximum Gasteiger partial charge on any atom is 0.410 e. The molecule has 9 N–H and O–H groups in total. The summed E-state index contributed by atoms with van der Waals surface area (Å²) in [7, 11) is 6.10. The summed E-state index contributed by atoms with van der Waals surface area (Å²) in [5.41, 5.74) is 6.82. The number of hydrogen-bond acceptors (Lipinski definition) is 14. The minimum atomic E-state index is -1.08. The topological polar surface area (TPSA) is 330 Å². The fourth-order valence-corrected chi connectivity index (χ4v) is 12.4. The van der Waals surface area contributed by atoms with Gasteiger partial charge in [-0.15, -0.1) is 0 Å². The predicted molar refractivity (Wildman–Crippen MR) is 353 cm³/mol. The molecule has 0 unspecified atom stereocenters. The van der Waals surface area contributed by atoms with Crippen LogP contribution in [0.2, 0.25) is 0 Å². The van der Waals surface area contributed by atoms with Crippen molar-refractivity contribution < 1.29 is 67.3 Å². The number of ether oxygens (including phenoxy) is 3. The van der Waals surface area contributed by atoms with Crippen LogP contribution in [0.3, 0.4) is 0 Å². The molecule has 25 heteroatoms. The Morgan fingerprint density at radius 2 is 1.39 bits per heavy atom. The van der Waals surface area contributed by atoms with E-state index in [4.69, 9.17) is 19.9 Å². The van der Waals surface area contributed by atoms with Crippen molar-refractivity contribution in [1.29, 1.82) is 0 Å². The highest BCUT2D eigenvalue weighted by Crippen LogP contribution is 2.31. The number of primary amides is 1. The van der Waals surface area contributed by atoms with E-state index in [1.807, 2.05) is 36.9 Å². The summed E-state index contributed by atoms with van der Waals surface area (Å²) in [6.07, 6.45) is 2.76. The Morgan fingerprint density at radius 1 is 0.720 bits per heavy atom. The molecule has 2 aliphatic heterocycles. The number of aliphatic hydroxyl groups excluding tert-OH is 1. The number of carbonyl (C=O) groups excluding carboxylic acids is 10. The highest BCUT2D eigenvalue weighted by molar-refractivity contribution is 5.98. The van der Waals surface area contributed by atoms with Crippen LogP contribution in [0.4, 0.5) is 15.3 Å². The van der Waals surface area contributed by atoms with Gasteiger partial charge in [-0.25, -0.2) is 9.59 Å². The Labute approximate surface area is 550 Å². The second kappa shape index (κ2) is 38.7. The average molecular weight is 1300 g/mol. The van der Waals surface area contributed by atoms with Crippen molar-refractivity contribution in [3.63, 3.8) is 0 Å². The van der Waals surface area contributed by atoms with Crippen LogP contribution in [0.15, 0.2) is 54.6 Å². The third-order valence-corrected chi connectivity index (χ3v) is 18.0. The Morgan fingerprint density at radius 3 is 1.97 bits per heavy atom. The van der Waals surface area contributed by atoms with Gasteiger partial charge in [0, 0.05) is 73.0 Å². The van der Waals surface area contributed by atoms with Crippen LogP contribution in [0, 0.1) is 29.6 Å². The van der Waals surface area contributed by atoms with Gasteiger partial charge in [0.1, 0.15) is 30.8 Å². The number of nitrogens with zero attached hydrogens (tertiary/aromatic N) is 4. The number of benzene rings is 2. The molecule has 0 aliphatic carbocycles. The zero-order valence-electron chi connectivity index (χ0n) is 57.5. The van der Waals surface area contributed by atoms with Gasteiger partial charge in [-0.2, -0.15) is 0 Å². The van der Waals surface area contributed by atoms with E-state index in [1.54, 1.807) is 109 Å². The van der Waals surface area contributed by atoms with E-state index in [0.29, 0.717) is 62.0 Å². The van der Waals surface area contributed by atoms with Gasteiger partial charge in [-0.1, -0.05) is 118 Å². The summed E-state index contributed by atoms with van der Waals surface area (Å²) >= 11 is 0. The van der Waals surface area contributed by atoms with Crippen molar-refractivity contribution in [2.45, 2.75) is 213 Å². The number of methoxy groups -OCH3 is 2. The lowest BCUT2D eigenvalue weighted by atomic mass is 9.89. The summed E-state index contributed by atoms with van der Waals surface area (Å²) in [6.45, 7) is 19.9. The molecule has 25 nitrogen and oxygen atoms in total. The molecule has 0 saturated carbocycles. The molecule has 12 atom stereocenters. The number of aliphatic hydroxyl groups is 1. The van der Waals surface area contributed by atoms with Crippen molar-refractivity contribution in [1.82, 2.24) is 46.2 Å². The number of anilines is 1. The number of carbonyl (C=O) groups is 10. The molecule has 2 aromatic carbocycles. The van der Waals surface area contributed by atoms with Gasteiger partial charge in [0.15, 0.2) is 0 Å². The molecule has 0 spiro atoms. The van der Waals surface area contributed by atoms with Crippen LogP contribution < -0.4 is 37.6 Å². The Hall–Kier alpha value is -7.38. The summed E-state index contributed by atoms with van der Waals surface area (Å²) in [5, 5.41) is 27.8. The molecule has 2 heterocycles. The van der Waals surface area contributed by atoms with Gasteiger partial charge >= 0.3 is 12.1 Å². The van der Waals surface area contributed by atoms with Gasteiger partial charge in [0.05, 0.1) is 48.8 Å². The van der Waals surface area contributed by atoms with Gasteiger partial charge in [0.2, 0.25) is 47.3 Å². The van der Waals surface area contributed by atoms with Crippen molar-refractivity contribution >= 4 is 65.1 Å². The fraction of sp³-hybridized carbons (Fsp3) is 0.676. The minimum absolute atomic E-state index is 0.0863. The predicted octanol–water partition coefficient (Wildman–Crippen LogP) is 5.77. The highest BCUT2D eigenvalue weighted by Gasteiger charge is 2.44. The van der Waals surface area contributed by atoms with Crippen LogP contribution in [-0.2, 0) is 59.2 Å². The SMILES string of the molecule is CC[C@H](C)[C@@H]([C@@H](CC(=O)N1CCC[C@H]1[C@H](OC)[C@@H](C)C(=O)N[C@H](C)[C@@H](O)c1ccccc1)OC)N(C)C(=O)[C@@H](NC(=O)[C@H](C(C)C)N(C)C(=O)OCc1ccc(NC(=O)[C@H](CCCNC(N)=O)NC(=O)[C@@H](NC(=O)CCCCCN2CCCC2=O)C(C)C)cc1)C(C)C. The molecule has 11 amide bonds. The Balaban J connectivity index is 1.37. The lowest BCUT2D eigenvalue weighted by Gasteiger charge is -2.41. The molecule has 4 rings (SSSR count). The third kappa shape index (κ3) is 23.5. The molecule has 2 fully saturated rings. The minimum Gasteiger partial charge on any atom is -0.445 e. The van der Waals surface area contributed by atoms with E-state index < -0.39 is 114 Å². The molecule has 0 bridgehead atoms. The van der Waals surface area contributed by atoms with Crippen LogP contribution in [0.1, 0.15) is 164 Å². The second-order valence-electron chi connectivity index (χ2n) is 26.1. The molecule has 520 valence electrons. The zero-order chi connectivity index (χ0) is 69.2. The van der Waals surface area contributed by atoms with Crippen LogP contribution in [-0.4, -0.2) is 193 Å². The van der Waals surface area contributed by atoms with E-state index in [2.05, 4.69) is 31.9 Å². The summed E-state index contributed by atoms with van der Waals surface area (Å²) in [4.78, 5) is 141. The maximum absolute atomic E-state index is 14.8. The third-order valence-electron chi connectivity index (χ3n) is 18.0. The van der Waals surface area contributed by atoms with E-state index in [-0.39, 0.29) is 74.3 Å². The largest absolute Gasteiger partial charge is 0.445 e. The number of likely N-dealkylation sites (N-methyl/N-ethyl adjacent to an activating group) is 2. The van der Waals surface area contributed by atoms with Crippen LogP contribution in [0.5, 0.6) is 0 Å². The summed E-state index contributed by atoms with van der Waals surface area (Å²) in [5.74, 6) is -4.85. The van der Waals surface area contributed by atoms with Crippen LogP contribution in [0.25, 0.3) is 0 Å². The number of nitrogens with two attached hydrogens (primary N) is 1. The lowest BCUT2D eigenvalue weighted by Crippen LogP contribution is -2.60. The molecule has 2 saturated heterocycles. The number of rotatable bonds is 38. The standard InChI is InChI=1S/C68H109N11O14/c1-15-44(8)59(52(91-13)39-55(82)79-38-23-28-51(79)61(92-14)45(9)62(84)71-46(10)60(83)48-25-18-16-19-26-48)76(11)66(88)57(42(4)5)75-65(87)58(43(6)7)77(12)68(90)93-40-47-31-33-49(34-32-47)72-63(85)50(27-22-35-70-67(69)89)73-64(86)56(41(2)3)74-53(80)29-20-17-21-36-78-37-24-30-54(78)81/h16,18-19,25-26,31-34,41-46,50-52,56-61,83H,15,17,20-24,27-30,35-40H2,1-14H3,(H,71,84)(H,72,85)(H,73,86)(H,74,80)(H,75,87)(H3,69,70,89)/t44-,45+,46+,50-,51-,52+,56-,57-,58-,59-,60+,61+/m0/s1. The normalized spacial score (nSPS) is 17.6. The number of amides is 11. The summed E-state index contributed by atoms with van der Waals surface area (Å²) in [6, 6.07) is 8.97. The van der Waals surface area contributed by atoms with E-state index >= 15 is 0 Å². The van der Waals surface area contributed by atoms with Crippen LogP contribution >= 0.6 is 0 Å². The van der Waals surface area contributed by atoms with E-state index in [9.17, 15) is 53.1 Å². The quantitative estimate of drug-likeness (QED) is 0.0370. The molecule has 2 aromatic rings. The number of urea groups is 1. The second-order valence-corrected chi connectivity index (χ2v) is 26.1. The van der Waals surface area contributed by atoms with Crippen molar-refractivity contribution in [2.24, 2.45) is 35.3 Å². The Kier molecular flexibility index (Phi) is 32.5. The molecular weight excluding hydrogens is 1190 g/mol. The van der Waals surface area contributed by atoms with E-state index in [1.165, 1.54) is 26.2 Å². The first-order valence-electron chi connectivity index (χ1n) is 33.2. The van der Waals surface area contributed by atoms with Gasteiger partial charge in [0.25, 0.3) is 0 Å². The first-order chi connectivity index (χ1) is 44.1. The zero-order valence-corrected chi connectivity index (χ0v) is 57.5. The van der Waals surface area contributed by atoms with Gasteiger partial charge in [-0.3, -0.25) is 43.3 Å². The number of unbranched alkanes of at least 4 members (excludes halogenated alkanes) is 2. The van der Waals surface area contributed by atoms with Gasteiger partial charge < -0.3 is 71.7 Å². The highest BCUT2D eigenvalue weighted by atomic mass is 16.6. The number of nitrogens with one attached hydrogen (secondary N) is 6. The van der Waals surface area contributed by atoms with E-state index in [0.717, 1.165) is 25.8 Å². The molecule has 2 aliphatic rings. The number of hydrogen-bond donors (Lipinski definition) is 8. The Bertz CT molecular complexity index is 2750. The average Bonchev–Trinajstić information content (AvgIpc) is 1.83. The smallest absolute Gasteiger partial charge is 0.410 e. The molecule has 0 radical (unpaired) electrons.